The molecular formula is C20H25ClN4O5S. The summed E-state index contributed by atoms with van der Waals surface area (Å²) in [5.41, 5.74) is 1.28. The molecule has 0 radical (unpaired) electrons. The normalized spacial score (nSPS) is 15.6. The largest absolute Gasteiger partial charge is 0.455 e. The first-order valence-electron chi connectivity index (χ1n) is 9.81. The second-order valence-corrected chi connectivity index (χ2v) is 9.78. The first-order chi connectivity index (χ1) is 14.6. The topological polar surface area (TPSA) is 111 Å². The Labute approximate surface area is 186 Å². The van der Waals surface area contributed by atoms with E-state index in [1.807, 2.05) is 0 Å². The molecule has 31 heavy (non-hydrogen) atoms. The van der Waals surface area contributed by atoms with Crippen LogP contribution in [0.3, 0.4) is 0 Å². The Kier molecular flexibility index (Phi) is 7.03. The van der Waals surface area contributed by atoms with Crippen LogP contribution in [0.4, 0.5) is 5.69 Å². The van der Waals surface area contributed by atoms with E-state index in [2.05, 4.69) is 10.3 Å². The van der Waals surface area contributed by atoms with Gasteiger partial charge < -0.3 is 14.6 Å². The fraction of sp³-hybridized carbons (Fsp3) is 0.450. The molecular weight excluding hydrogens is 444 g/mol. The van der Waals surface area contributed by atoms with Gasteiger partial charge in [-0.1, -0.05) is 17.7 Å². The molecule has 1 N–H and O–H groups in total. The number of halogens is 1. The molecule has 168 valence electrons. The second-order valence-electron chi connectivity index (χ2n) is 7.48. The van der Waals surface area contributed by atoms with Crippen molar-refractivity contribution >= 4 is 39.2 Å². The molecule has 11 heteroatoms. The molecule has 3 rings (SSSR count). The Morgan fingerprint density at radius 3 is 2.55 bits per heavy atom. The van der Waals surface area contributed by atoms with Gasteiger partial charge in [0.1, 0.15) is 5.82 Å². The van der Waals surface area contributed by atoms with Gasteiger partial charge in [-0.25, -0.2) is 13.4 Å². The lowest BCUT2D eigenvalue weighted by molar-refractivity contribution is -0.152. The van der Waals surface area contributed by atoms with Crippen LogP contribution in [0.15, 0.2) is 29.4 Å². The quantitative estimate of drug-likeness (QED) is 0.651. The minimum Gasteiger partial charge on any atom is -0.455 e. The van der Waals surface area contributed by atoms with E-state index in [0.29, 0.717) is 29.4 Å². The first-order valence-corrected chi connectivity index (χ1v) is 11.6. The first kappa shape index (κ1) is 23.2. The third kappa shape index (κ3) is 5.25. The van der Waals surface area contributed by atoms with E-state index in [1.54, 1.807) is 43.7 Å². The number of aryl methyl sites for hydroxylation is 2. The van der Waals surface area contributed by atoms with Crippen molar-refractivity contribution in [3.8, 4) is 0 Å². The lowest BCUT2D eigenvalue weighted by Crippen LogP contribution is -2.41. The zero-order valence-electron chi connectivity index (χ0n) is 17.6. The highest BCUT2D eigenvalue weighted by Crippen LogP contribution is 2.25. The van der Waals surface area contributed by atoms with E-state index < -0.39 is 34.4 Å². The summed E-state index contributed by atoms with van der Waals surface area (Å²) in [4.78, 5) is 28.5. The maximum Gasteiger partial charge on any atom is 0.309 e. The number of ether oxygens (including phenoxy) is 1. The number of imidazole rings is 1. The van der Waals surface area contributed by atoms with Gasteiger partial charge in [0.15, 0.2) is 11.6 Å². The summed E-state index contributed by atoms with van der Waals surface area (Å²) in [6.07, 6.45) is 2.11. The number of hydrogen-bond donors (Lipinski definition) is 1. The number of esters is 1. The van der Waals surface area contributed by atoms with Crippen LogP contribution in [-0.4, -0.2) is 53.8 Å². The van der Waals surface area contributed by atoms with Gasteiger partial charge in [-0.2, -0.15) is 4.31 Å². The number of carbonyl (C=O) groups is 2. The number of carbonyl (C=O) groups excluding carboxylic acids is 2. The lowest BCUT2D eigenvalue weighted by atomic mass is 9.98. The van der Waals surface area contributed by atoms with Crippen LogP contribution in [-0.2, 0) is 31.4 Å². The Morgan fingerprint density at radius 1 is 1.26 bits per heavy atom. The molecule has 0 bridgehead atoms. The van der Waals surface area contributed by atoms with E-state index in [-0.39, 0.29) is 18.1 Å². The summed E-state index contributed by atoms with van der Waals surface area (Å²) in [5, 5.41) is 3.19. The Bertz CT molecular complexity index is 1070. The number of benzene rings is 1. The van der Waals surface area contributed by atoms with Gasteiger partial charge in [0.25, 0.3) is 15.9 Å². The summed E-state index contributed by atoms with van der Waals surface area (Å²) < 4.78 is 33.6. The fourth-order valence-corrected chi connectivity index (χ4v) is 4.97. The minimum absolute atomic E-state index is 0.00139. The van der Waals surface area contributed by atoms with Crippen molar-refractivity contribution in [3.63, 3.8) is 0 Å². The van der Waals surface area contributed by atoms with Crippen molar-refractivity contribution in [2.75, 3.05) is 25.0 Å². The number of amides is 1. The number of nitrogens with one attached hydrogen (secondary N) is 1. The number of aromatic nitrogens is 2. The summed E-state index contributed by atoms with van der Waals surface area (Å²) in [7, 11) is -1.98. The van der Waals surface area contributed by atoms with Crippen LogP contribution >= 0.6 is 11.6 Å². The van der Waals surface area contributed by atoms with Crippen LogP contribution in [0.5, 0.6) is 0 Å². The van der Waals surface area contributed by atoms with Gasteiger partial charge in [0.05, 0.1) is 5.92 Å². The van der Waals surface area contributed by atoms with Crippen LogP contribution in [0.25, 0.3) is 0 Å². The van der Waals surface area contributed by atoms with Gasteiger partial charge >= 0.3 is 5.97 Å². The molecule has 0 atom stereocenters. The van der Waals surface area contributed by atoms with Gasteiger partial charge in [-0.05, 0) is 44.4 Å². The molecule has 2 heterocycles. The predicted octanol–water partition coefficient (Wildman–Crippen LogP) is 2.27. The maximum absolute atomic E-state index is 12.7. The number of sulfonamides is 1. The van der Waals surface area contributed by atoms with E-state index >= 15 is 0 Å². The smallest absolute Gasteiger partial charge is 0.309 e. The molecule has 0 spiro atoms. The number of anilines is 1. The van der Waals surface area contributed by atoms with Crippen molar-refractivity contribution < 1.29 is 22.7 Å². The molecule has 1 aliphatic heterocycles. The highest BCUT2D eigenvalue weighted by Gasteiger charge is 2.34. The molecule has 1 aromatic carbocycles. The standard InChI is InChI=1S/C20H25ClN4O5S/c1-13-16(21)5-4-6-17(13)23-18(26)12-30-20(27)15-7-9-25(10-8-15)31(28,29)19-11-24(3)14(2)22-19/h4-6,11,15H,7-10,12H2,1-3H3,(H,23,26). The van der Waals surface area contributed by atoms with Crippen LogP contribution in [0.1, 0.15) is 24.2 Å². The fourth-order valence-electron chi connectivity index (χ4n) is 3.30. The number of piperidine rings is 1. The molecule has 0 aliphatic carbocycles. The molecule has 1 amide bonds. The molecule has 9 nitrogen and oxygen atoms in total. The van der Waals surface area contributed by atoms with E-state index in [9.17, 15) is 18.0 Å². The van der Waals surface area contributed by atoms with E-state index in [4.69, 9.17) is 16.3 Å². The van der Waals surface area contributed by atoms with Crippen molar-refractivity contribution in [1.29, 1.82) is 0 Å². The van der Waals surface area contributed by atoms with E-state index in [0.717, 1.165) is 5.56 Å². The predicted molar refractivity (Wildman–Crippen MR) is 115 cm³/mol. The molecule has 1 aliphatic rings. The summed E-state index contributed by atoms with van der Waals surface area (Å²) in [6, 6.07) is 5.14. The lowest BCUT2D eigenvalue weighted by Gasteiger charge is -2.29. The third-order valence-corrected chi connectivity index (χ3v) is 7.55. The second kappa shape index (κ2) is 9.37. The van der Waals surface area contributed by atoms with Gasteiger partial charge in [0, 0.05) is 37.0 Å². The summed E-state index contributed by atoms with van der Waals surface area (Å²) >= 11 is 6.03. The minimum atomic E-state index is -3.71. The van der Waals surface area contributed by atoms with Gasteiger partial charge in [-0.3, -0.25) is 9.59 Å². The van der Waals surface area contributed by atoms with E-state index in [1.165, 1.54) is 10.5 Å². The molecule has 0 unspecified atom stereocenters. The Balaban J connectivity index is 1.50. The Hall–Kier alpha value is -2.43. The average molecular weight is 469 g/mol. The summed E-state index contributed by atoms with van der Waals surface area (Å²) in [6.45, 7) is 3.46. The number of nitrogens with zero attached hydrogens (tertiary/aromatic N) is 3. The molecule has 1 saturated heterocycles. The third-order valence-electron chi connectivity index (χ3n) is 5.37. The van der Waals surface area contributed by atoms with Crippen molar-refractivity contribution in [2.24, 2.45) is 13.0 Å². The van der Waals surface area contributed by atoms with Gasteiger partial charge in [0.2, 0.25) is 0 Å². The van der Waals surface area contributed by atoms with Crippen LogP contribution in [0, 0.1) is 19.8 Å². The van der Waals surface area contributed by atoms with Crippen molar-refractivity contribution in [3.05, 3.63) is 40.8 Å². The van der Waals surface area contributed by atoms with Gasteiger partial charge in [-0.15, -0.1) is 0 Å². The molecule has 1 fully saturated rings. The SMILES string of the molecule is Cc1c(Cl)cccc1NC(=O)COC(=O)C1CCN(S(=O)(=O)c2cn(C)c(C)n2)CC1. The maximum atomic E-state index is 12.7. The van der Waals surface area contributed by atoms with Crippen molar-refractivity contribution in [2.45, 2.75) is 31.7 Å². The monoisotopic (exact) mass is 468 g/mol. The molecule has 0 saturated carbocycles. The number of hydrogen-bond acceptors (Lipinski definition) is 6. The highest BCUT2D eigenvalue weighted by atomic mass is 35.5. The highest BCUT2D eigenvalue weighted by molar-refractivity contribution is 7.89. The Morgan fingerprint density at radius 2 is 1.94 bits per heavy atom. The average Bonchev–Trinajstić information content (AvgIpc) is 3.09. The van der Waals surface area contributed by atoms with Crippen LogP contribution in [0.2, 0.25) is 5.02 Å². The number of rotatable bonds is 6. The van der Waals surface area contributed by atoms with Crippen LogP contribution < -0.4 is 5.32 Å². The van der Waals surface area contributed by atoms with Crippen molar-refractivity contribution in [1.82, 2.24) is 13.9 Å². The zero-order valence-corrected chi connectivity index (χ0v) is 19.2. The summed E-state index contributed by atoms with van der Waals surface area (Å²) in [5.74, 6) is -0.839. The molecule has 2 aromatic rings. The zero-order chi connectivity index (χ0) is 22.8. The molecule has 1 aromatic heterocycles.